The van der Waals surface area contributed by atoms with Crippen LogP contribution in [0.2, 0.25) is 0 Å². The maximum atomic E-state index is 9.04. The summed E-state index contributed by atoms with van der Waals surface area (Å²) < 4.78 is 0. The highest BCUT2D eigenvalue weighted by molar-refractivity contribution is 7.09. The van der Waals surface area contributed by atoms with Crippen molar-refractivity contribution in [2.45, 2.75) is 26.0 Å². The molecule has 1 aromatic heterocycles. The van der Waals surface area contributed by atoms with Gasteiger partial charge in [0.15, 0.2) is 0 Å². The van der Waals surface area contributed by atoms with Crippen molar-refractivity contribution in [2.24, 2.45) is 0 Å². The minimum absolute atomic E-state index is 0.106. The molecule has 0 saturated heterocycles. The van der Waals surface area contributed by atoms with Gasteiger partial charge in [-0.3, -0.25) is 0 Å². The van der Waals surface area contributed by atoms with Gasteiger partial charge in [-0.05, 0) is 36.1 Å². The number of aliphatic hydroxyl groups is 1. The topological polar surface area (TPSA) is 23.5 Å². The third kappa shape index (κ3) is 3.12. The van der Waals surface area contributed by atoms with E-state index in [9.17, 15) is 0 Å². The monoisotopic (exact) mass is 261 g/mol. The van der Waals surface area contributed by atoms with Crippen molar-refractivity contribution in [3.05, 3.63) is 52.2 Å². The Morgan fingerprint density at radius 2 is 1.94 bits per heavy atom. The number of thiophene rings is 1. The molecular formula is C15H19NOS. The summed E-state index contributed by atoms with van der Waals surface area (Å²) in [5, 5.41) is 11.2. The molecule has 2 aromatic rings. The number of nitrogens with zero attached hydrogens (tertiary/aromatic N) is 1. The lowest BCUT2D eigenvalue weighted by Crippen LogP contribution is -2.30. The van der Waals surface area contributed by atoms with Crippen LogP contribution < -0.4 is 4.90 Å². The van der Waals surface area contributed by atoms with Gasteiger partial charge in [-0.25, -0.2) is 0 Å². The molecule has 0 amide bonds. The van der Waals surface area contributed by atoms with E-state index in [1.54, 1.807) is 0 Å². The van der Waals surface area contributed by atoms with Gasteiger partial charge in [-0.1, -0.05) is 18.2 Å². The van der Waals surface area contributed by atoms with E-state index in [1.807, 2.05) is 23.5 Å². The van der Waals surface area contributed by atoms with Crippen LogP contribution in [0.15, 0.2) is 41.8 Å². The Labute approximate surface area is 113 Å². The first-order chi connectivity index (χ1) is 8.70. The van der Waals surface area contributed by atoms with Crippen LogP contribution >= 0.6 is 11.3 Å². The summed E-state index contributed by atoms with van der Waals surface area (Å²) >= 11 is 1.81. The first kappa shape index (κ1) is 13.1. The van der Waals surface area contributed by atoms with E-state index in [0.717, 1.165) is 12.0 Å². The second-order valence-electron chi connectivity index (χ2n) is 4.57. The van der Waals surface area contributed by atoms with Crippen molar-refractivity contribution >= 4 is 17.0 Å². The quantitative estimate of drug-likeness (QED) is 0.892. The van der Waals surface area contributed by atoms with Crippen LogP contribution in [0.3, 0.4) is 0 Å². The van der Waals surface area contributed by atoms with Gasteiger partial charge in [0, 0.05) is 30.1 Å². The largest absolute Gasteiger partial charge is 0.392 e. The van der Waals surface area contributed by atoms with Crippen LogP contribution in [0.25, 0.3) is 0 Å². The fourth-order valence-corrected chi connectivity index (χ4v) is 2.77. The third-order valence-electron chi connectivity index (χ3n) is 3.26. The van der Waals surface area contributed by atoms with Gasteiger partial charge in [-0.2, -0.15) is 0 Å². The summed E-state index contributed by atoms with van der Waals surface area (Å²) in [4.78, 5) is 3.70. The molecule has 0 radical (unpaired) electrons. The Morgan fingerprint density at radius 1 is 1.22 bits per heavy atom. The third-order valence-corrected chi connectivity index (χ3v) is 4.16. The van der Waals surface area contributed by atoms with Gasteiger partial charge in [-0.15, -0.1) is 11.3 Å². The summed E-state index contributed by atoms with van der Waals surface area (Å²) in [6.07, 6.45) is 1.07. The van der Waals surface area contributed by atoms with Crippen LogP contribution in [-0.4, -0.2) is 18.2 Å². The first-order valence-electron chi connectivity index (χ1n) is 6.15. The SMILES string of the molecule is CC(Cc1cccs1)N(C)c1ccc(CO)cc1. The number of aliphatic hydroxyl groups excluding tert-OH is 1. The summed E-state index contributed by atoms with van der Waals surface area (Å²) in [7, 11) is 2.12. The number of anilines is 1. The molecule has 1 atom stereocenters. The molecule has 96 valence electrons. The number of hydrogen-bond donors (Lipinski definition) is 1. The van der Waals surface area contributed by atoms with E-state index in [1.165, 1.54) is 10.6 Å². The molecule has 2 nitrogen and oxygen atoms in total. The summed E-state index contributed by atoms with van der Waals surface area (Å²) in [6, 6.07) is 12.8. The number of hydrogen-bond acceptors (Lipinski definition) is 3. The predicted molar refractivity (Wildman–Crippen MR) is 78.3 cm³/mol. The van der Waals surface area contributed by atoms with Gasteiger partial charge in [0.1, 0.15) is 0 Å². The second kappa shape index (κ2) is 6.03. The van der Waals surface area contributed by atoms with E-state index in [4.69, 9.17) is 5.11 Å². The Hall–Kier alpha value is -1.32. The molecule has 2 rings (SSSR count). The van der Waals surface area contributed by atoms with Crippen LogP contribution in [0.4, 0.5) is 5.69 Å². The number of likely N-dealkylation sites (N-methyl/N-ethyl adjacent to an activating group) is 1. The Balaban J connectivity index is 2.02. The molecule has 0 aliphatic heterocycles. The molecule has 1 heterocycles. The fourth-order valence-electron chi connectivity index (χ4n) is 1.95. The molecule has 1 unspecified atom stereocenters. The van der Waals surface area contributed by atoms with Crippen molar-refractivity contribution in [3.8, 4) is 0 Å². The average Bonchev–Trinajstić information content (AvgIpc) is 2.91. The molecule has 0 saturated carbocycles. The molecule has 1 N–H and O–H groups in total. The van der Waals surface area contributed by atoms with E-state index in [-0.39, 0.29) is 6.61 Å². The molecular weight excluding hydrogens is 242 g/mol. The Morgan fingerprint density at radius 3 is 2.50 bits per heavy atom. The molecule has 1 aromatic carbocycles. The molecule has 0 aliphatic carbocycles. The average molecular weight is 261 g/mol. The Kier molecular flexibility index (Phi) is 4.39. The van der Waals surface area contributed by atoms with Crippen molar-refractivity contribution in [2.75, 3.05) is 11.9 Å². The highest BCUT2D eigenvalue weighted by atomic mass is 32.1. The zero-order chi connectivity index (χ0) is 13.0. The highest BCUT2D eigenvalue weighted by Gasteiger charge is 2.11. The predicted octanol–water partition coefficient (Wildman–Crippen LogP) is 3.31. The van der Waals surface area contributed by atoms with Crippen molar-refractivity contribution in [1.82, 2.24) is 0 Å². The molecule has 3 heteroatoms. The molecule has 0 spiro atoms. The van der Waals surface area contributed by atoms with E-state index in [2.05, 4.69) is 48.5 Å². The lowest BCUT2D eigenvalue weighted by molar-refractivity contribution is 0.282. The van der Waals surface area contributed by atoms with Crippen molar-refractivity contribution in [1.29, 1.82) is 0 Å². The summed E-state index contributed by atoms with van der Waals surface area (Å²) in [5.41, 5.74) is 2.15. The van der Waals surface area contributed by atoms with Crippen LogP contribution in [0, 0.1) is 0 Å². The summed E-state index contributed by atoms with van der Waals surface area (Å²) in [5.74, 6) is 0. The van der Waals surface area contributed by atoms with Gasteiger partial charge in [0.05, 0.1) is 6.61 Å². The van der Waals surface area contributed by atoms with Gasteiger partial charge < -0.3 is 10.0 Å². The Bertz CT molecular complexity index is 464. The lowest BCUT2D eigenvalue weighted by atomic mass is 10.1. The zero-order valence-electron chi connectivity index (χ0n) is 10.8. The van der Waals surface area contributed by atoms with E-state index >= 15 is 0 Å². The van der Waals surface area contributed by atoms with Crippen LogP contribution in [-0.2, 0) is 13.0 Å². The maximum Gasteiger partial charge on any atom is 0.0681 e. The van der Waals surface area contributed by atoms with Gasteiger partial charge in [0.25, 0.3) is 0 Å². The van der Waals surface area contributed by atoms with Gasteiger partial charge in [0.2, 0.25) is 0 Å². The minimum atomic E-state index is 0.106. The number of benzene rings is 1. The number of rotatable bonds is 5. The van der Waals surface area contributed by atoms with Gasteiger partial charge >= 0.3 is 0 Å². The fraction of sp³-hybridized carbons (Fsp3) is 0.333. The van der Waals surface area contributed by atoms with Crippen LogP contribution in [0.5, 0.6) is 0 Å². The smallest absolute Gasteiger partial charge is 0.0681 e. The minimum Gasteiger partial charge on any atom is -0.392 e. The van der Waals surface area contributed by atoms with E-state index < -0.39 is 0 Å². The first-order valence-corrected chi connectivity index (χ1v) is 7.03. The van der Waals surface area contributed by atoms with Crippen molar-refractivity contribution < 1.29 is 5.11 Å². The highest BCUT2D eigenvalue weighted by Crippen LogP contribution is 2.20. The molecule has 18 heavy (non-hydrogen) atoms. The second-order valence-corrected chi connectivity index (χ2v) is 5.60. The van der Waals surface area contributed by atoms with Crippen molar-refractivity contribution in [3.63, 3.8) is 0 Å². The van der Waals surface area contributed by atoms with E-state index in [0.29, 0.717) is 6.04 Å². The standard InChI is InChI=1S/C15H19NOS/c1-12(10-15-4-3-9-18-15)16(2)14-7-5-13(11-17)6-8-14/h3-9,12,17H,10-11H2,1-2H3. The maximum absolute atomic E-state index is 9.04. The zero-order valence-corrected chi connectivity index (χ0v) is 11.7. The molecule has 0 fully saturated rings. The van der Waals surface area contributed by atoms with Crippen LogP contribution in [0.1, 0.15) is 17.4 Å². The molecule has 0 bridgehead atoms. The lowest BCUT2D eigenvalue weighted by Gasteiger charge is -2.27. The summed E-state index contributed by atoms with van der Waals surface area (Å²) in [6.45, 7) is 2.34. The molecule has 0 aliphatic rings. The normalized spacial score (nSPS) is 12.4.